The number of rotatable bonds is 13. The maximum Gasteiger partial charge on any atom is 0.326 e. The molecule has 0 radical (unpaired) electrons. The summed E-state index contributed by atoms with van der Waals surface area (Å²) in [5.41, 5.74) is 0. The summed E-state index contributed by atoms with van der Waals surface area (Å²) < 4.78 is 0. The van der Waals surface area contributed by atoms with Crippen molar-refractivity contribution in [1.29, 1.82) is 0 Å². The molecule has 0 aliphatic heterocycles. The lowest BCUT2D eigenvalue weighted by molar-refractivity contribution is -0.142. The molecule has 8 nitrogen and oxygen atoms in total. The summed E-state index contributed by atoms with van der Waals surface area (Å²) >= 11 is 0. The minimum Gasteiger partial charge on any atom is -0.480 e. The monoisotopic (exact) mass is 318 g/mol. The number of aliphatic hydroxyl groups excluding tert-OH is 2. The fourth-order valence-corrected chi connectivity index (χ4v) is 1.79. The topological polar surface area (TPSA) is 136 Å². The molecular weight excluding hydrogens is 292 g/mol. The van der Waals surface area contributed by atoms with Gasteiger partial charge in [0, 0.05) is 32.6 Å². The number of unbranched alkanes of at least 4 members (excludes halogenated alkanes) is 1. The first-order valence-electron chi connectivity index (χ1n) is 7.51. The van der Waals surface area contributed by atoms with Crippen molar-refractivity contribution in [2.75, 3.05) is 19.8 Å². The van der Waals surface area contributed by atoms with E-state index >= 15 is 0 Å². The molecule has 0 rings (SSSR count). The molecule has 0 aliphatic carbocycles. The molecule has 0 aromatic heterocycles. The Bertz CT molecular complexity index is 348. The van der Waals surface area contributed by atoms with Crippen molar-refractivity contribution >= 4 is 17.8 Å². The Morgan fingerprint density at radius 3 is 2.00 bits per heavy atom. The Morgan fingerprint density at radius 2 is 1.45 bits per heavy atom. The second kappa shape index (κ2) is 13.0. The first-order valence-corrected chi connectivity index (χ1v) is 7.51. The van der Waals surface area contributed by atoms with Crippen LogP contribution in [0.1, 0.15) is 44.9 Å². The van der Waals surface area contributed by atoms with E-state index in [4.69, 9.17) is 15.3 Å². The number of carboxylic acids is 1. The zero-order chi connectivity index (χ0) is 16.8. The van der Waals surface area contributed by atoms with Gasteiger partial charge in [-0.25, -0.2) is 4.79 Å². The van der Waals surface area contributed by atoms with Crippen LogP contribution in [0.15, 0.2) is 0 Å². The Morgan fingerprint density at radius 1 is 0.864 bits per heavy atom. The van der Waals surface area contributed by atoms with Gasteiger partial charge in [0.2, 0.25) is 11.8 Å². The van der Waals surface area contributed by atoms with Crippen LogP contribution in [-0.2, 0) is 14.4 Å². The minimum atomic E-state index is -1.09. The van der Waals surface area contributed by atoms with Gasteiger partial charge in [-0.1, -0.05) is 0 Å². The second-order valence-electron chi connectivity index (χ2n) is 4.96. The third kappa shape index (κ3) is 11.0. The second-order valence-corrected chi connectivity index (χ2v) is 4.96. The first kappa shape index (κ1) is 20.3. The molecule has 5 N–H and O–H groups in total. The summed E-state index contributed by atoms with van der Waals surface area (Å²) in [6, 6.07) is -0.948. The third-order valence-electron chi connectivity index (χ3n) is 3.00. The highest BCUT2D eigenvalue weighted by atomic mass is 16.4. The number of carbonyl (C=O) groups is 3. The van der Waals surface area contributed by atoms with Crippen molar-refractivity contribution in [2.45, 2.75) is 51.0 Å². The first-order chi connectivity index (χ1) is 10.5. The van der Waals surface area contributed by atoms with Crippen LogP contribution in [0.4, 0.5) is 0 Å². The predicted molar refractivity (Wildman–Crippen MR) is 79.1 cm³/mol. The van der Waals surface area contributed by atoms with Gasteiger partial charge in [0.25, 0.3) is 0 Å². The Labute approximate surface area is 129 Å². The molecule has 0 saturated heterocycles. The molecule has 1 atom stereocenters. The number of nitrogens with one attached hydrogen (secondary N) is 2. The van der Waals surface area contributed by atoms with Crippen LogP contribution in [0.25, 0.3) is 0 Å². The van der Waals surface area contributed by atoms with Gasteiger partial charge in [0.05, 0.1) is 0 Å². The molecule has 1 unspecified atom stereocenters. The molecule has 22 heavy (non-hydrogen) atoms. The fraction of sp³-hybridized carbons (Fsp3) is 0.786. The van der Waals surface area contributed by atoms with E-state index in [0.29, 0.717) is 32.2 Å². The van der Waals surface area contributed by atoms with Crippen LogP contribution >= 0.6 is 0 Å². The van der Waals surface area contributed by atoms with Crippen molar-refractivity contribution in [2.24, 2.45) is 0 Å². The van der Waals surface area contributed by atoms with E-state index in [0.717, 1.165) is 0 Å². The highest BCUT2D eigenvalue weighted by Crippen LogP contribution is 2.02. The molecule has 0 aliphatic rings. The number of hydrogen-bond acceptors (Lipinski definition) is 5. The lowest BCUT2D eigenvalue weighted by Gasteiger charge is -2.14. The normalized spacial score (nSPS) is 11.7. The number of hydrogen-bond donors (Lipinski definition) is 5. The molecule has 0 aromatic rings. The van der Waals surface area contributed by atoms with Crippen LogP contribution in [-0.4, -0.2) is 58.9 Å². The van der Waals surface area contributed by atoms with Gasteiger partial charge < -0.3 is 26.0 Å². The number of carbonyl (C=O) groups excluding carboxylic acids is 2. The fourth-order valence-electron chi connectivity index (χ4n) is 1.79. The van der Waals surface area contributed by atoms with Crippen molar-refractivity contribution in [3.05, 3.63) is 0 Å². The van der Waals surface area contributed by atoms with Crippen molar-refractivity contribution < 1.29 is 29.7 Å². The maximum absolute atomic E-state index is 11.4. The number of aliphatic hydroxyl groups is 2. The number of amides is 2. The SMILES string of the molecule is O=C(CCCO)NCCCCC(NC(=O)CCCO)C(=O)O. The third-order valence-corrected chi connectivity index (χ3v) is 3.00. The molecule has 0 spiro atoms. The number of aliphatic carboxylic acids is 1. The van der Waals surface area contributed by atoms with Gasteiger partial charge in [-0.2, -0.15) is 0 Å². The molecule has 128 valence electrons. The van der Waals surface area contributed by atoms with Crippen molar-refractivity contribution in [3.8, 4) is 0 Å². The minimum absolute atomic E-state index is 0.0241. The molecule has 0 fully saturated rings. The quantitative estimate of drug-likeness (QED) is 0.287. The summed E-state index contributed by atoms with van der Waals surface area (Å²) in [4.78, 5) is 33.7. The highest BCUT2D eigenvalue weighted by molar-refractivity contribution is 5.83. The van der Waals surface area contributed by atoms with E-state index in [1.165, 1.54) is 0 Å². The van der Waals surface area contributed by atoms with Crippen LogP contribution < -0.4 is 10.6 Å². The van der Waals surface area contributed by atoms with E-state index < -0.39 is 17.9 Å². The lowest BCUT2D eigenvalue weighted by Crippen LogP contribution is -2.40. The Kier molecular flexibility index (Phi) is 12.0. The molecule has 0 heterocycles. The van der Waals surface area contributed by atoms with Gasteiger partial charge >= 0.3 is 5.97 Å². The Hall–Kier alpha value is -1.67. The molecule has 8 heteroatoms. The average molecular weight is 318 g/mol. The van der Waals surface area contributed by atoms with E-state index in [1.807, 2.05) is 0 Å². The van der Waals surface area contributed by atoms with Gasteiger partial charge in [-0.3, -0.25) is 9.59 Å². The van der Waals surface area contributed by atoms with Crippen LogP contribution in [0, 0.1) is 0 Å². The zero-order valence-corrected chi connectivity index (χ0v) is 12.7. The van der Waals surface area contributed by atoms with Crippen molar-refractivity contribution in [3.63, 3.8) is 0 Å². The van der Waals surface area contributed by atoms with Crippen LogP contribution in [0.3, 0.4) is 0 Å². The van der Waals surface area contributed by atoms with Crippen LogP contribution in [0.5, 0.6) is 0 Å². The molecule has 0 saturated carbocycles. The summed E-state index contributed by atoms with van der Waals surface area (Å²) in [7, 11) is 0. The predicted octanol–water partition coefficient (Wildman–Crippen LogP) is -0.613. The number of carboxylic acid groups (broad SMARTS) is 1. The Balaban J connectivity index is 3.84. The van der Waals surface area contributed by atoms with Crippen LogP contribution in [0.2, 0.25) is 0 Å². The van der Waals surface area contributed by atoms with Gasteiger partial charge in [0.1, 0.15) is 6.04 Å². The van der Waals surface area contributed by atoms with Crippen molar-refractivity contribution in [1.82, 2.24) is 10.6 Å². The maximum atomic E-state index is 11.4. The van der Waals surface area contributed by atoms with Gasteiger partial charge in [0.15, 0.2) is 0 Å². The lowest BCUT2D eigenvalue weighted by atomic mass is 10.1. The molecule has 0 bridgehead atoms. The highest BCUT2D eigenvalue weighted by Gasteiger charge is 2.18. The molecule has 0 aromatic carbocycles. The van der Waals surface area contributed by atoms with Gasteiger partial charge in [-0.05, 0) is 32.1 Å². The zero-order valence-electron chi connectivity index (χ0n) is 12.7. The molecule has 2 amide bonds. The van der Waals surface area contributed by atoms with E-state index in [9.17, 15) is 14.4 Å². The molecular formula is C14H26N2O6. The largest absolute Gasteiger partial charge is 0.480 e. The van der Waals surface area contributed by atoms with E-state index in [2.05, 4.69) is 10.6 Å². The summed E-state index contributed by atoms with van der Waals surface area (Å²) in [6.07, 6.45) is 2.55. The standard InChI is InChI=1S/C14H26N2O6/c17-9-3-6-12(19)15-8-2-1-5-11(14(21)22)16-13(20)7-4-10-18/h11,17-18H,1-10H2,(H,15,19)(H,16,20)(H,21,22). The van der Waals surface area contributed by atoms with Gasteiger partial charge in [-0.15, -0.1) is 0 Å². The summed E-state index contributed by atoms with van der Waals surface area (Å²) in [6.45, 7) is 0.305. The summed E-state index contributed by atoms with van der Waals surface area (Å²) in [5.74, 6) is -1.62. The van der Waals surface area contributed by atoms with E-state index in [1.54, 1.807) is 0 Å². The smallest absolute Gasteiger partial charge is 0.326 e. The van der Waals surface area contributed by atoms with E-state index in [-0.39, 0.29) is 38.4 Å². The summed E-state index contributed by atoms with van der Waals surface area (Å²) in [5, 5.41) is 31.3. The average Bonchev–Trinajstić information content (AvgIpc) is 2.49.